The first-order valence-electron chi connectivity index (χ1n) is 6.76. The smallest absolute Gasteiger partial charge is 0.256 e. The second-order valence-electron chi connectivity index (χ2n) is 4.53. The summed E-state index contributed by atoms with van der Waals surface area (Å²) < 4.78 is 10.1. The summed E-state index contributed by atoms with van der Waals surface area (Å²) in [5.41, 5.74) is 5.44. The van der Waals surface area contributed by atoms with E-state index >= 15 is 0 Å². The summed E-state index contributed by atoms with van der Waals surface area (Å²) in [5.74, 6) is 0.687. The molecular formula is C14H17N5O4. The number of nitrogen functional groups attached to an aromatic ring is 1. The highest BCUT2D eigenvalue weighted by atomic mass is 16.5. The Morgan fingerprint density at radius 2 is 2.09 bits per heavy atom. The minimum Gasteiger partial charge on any atom is -0.481 e. The van der Waals surface area contributed by atoms with Crippen LogP contribution in [-0.2, 0) is 6.42 Å². The lowest BCUT2D eigenvalue weighted by molar-refractivity contribution is 0.0950. The number of aromatic amines is 1. The van der Waals surface area contributed by atoms with Gasteiger partial charge < -0.3 is 25.5 Å². The van der Waals surface area contributed by atoms with Crippen LogP contribution in [-0.4, -0.2) is 41.6 Å². The Morgan fingerprint density at radius 1 is 1.30 bits per heavy atom. The molecule has 0 aliphatic carbocycles. The van der Waals surface area contributed by atoms with Gasteiger partial charge in [0.05, 0.1) is 14.2 Å². The summed E-state index contributed by atoms with van der Waals surface area (Å²) in [6, 6.07) is 4.31. The van der Waals surface area contributed by atoms with Crippen molar-refractivity contribution in [2.24, 2.45) is 0 Å². The van der Waals surface area contributed by atoms with Crippen LogP contribution in [0.15, 0.2) is 23.0 Å². The molecule has 0 aliphatic heterocycles. The molecule has 2 aromatic heterocycles. The summed E-state index contributed by atoms with van der Waals surface area (Å²) in [6.45, 7) is 0.264. The first kappa shape index (κ1) is 16.3. The molecule has 0 unspecified atom stereocenters. The number of H-pyrrole nitrogens is 1. The number of pyridine rings is 1. The maximum atomic E-state index is 12.2. The van der Waals surface area contributed by atoms with Gasteiger partial charge in [0.2, 0.25) is 11.8 Å². The van der Waals surface area contributed by atoms with Crippen LogP contribution >= 0.6 is 0 Å². The number of rotatable bonds is 6. The van der Waals surface area contributed by atoms with E-state index in [0.29, 0.717) is 18.1 Å². The van der Waals surface area contributed by atoms with E-state index < -0.39 is 0 Å². The number of amides is 1. The second kappa shape index (κ2) is 7.25. The number of nitrogens with zero attached hydrogens (tertiary/aromatic N) is 2. The molecule has 0 atom stereocenters. The molecule has 0 spiro atoms. The van der Waals surface area contributed by atoms with E-state index in [-0.39, 0.29) is 35.3 Å². The third-order valence-electron chi connectivity index (χ3n) is 2.94. The summed E-state index contributed by atoms with van der Waals surface area (Å²) in [6.07, 6.45) is 0.331. The third kappa shape index (κ3) is 4.19. The first-order valence-corrected chi connectivity index (χ1v) is 6.76. The number of nitrogens with two attached hydrogens (primary N) is 1. The van der Waals surface area contributed by atoms with Crippen LogP contribution in [0.25, 0.3) is 0 Å². The standard InChI is InChI=1S/C14H17N5O4/c1-22-12-4-3-8(14(19-12)23-2)13(21)16-6-5-10-17-9(15)7-11(20)18-10/h3-4,7H,5-6H2,1-2H3,(H,16,21)(H3,15,17,18,20). The van der Waals surface area contributed by atoms with Crippen molar-refractivity contribution in [2.75, 3.05) is 26.5 Å². The SMILES string of the molecule is COc1ccc(C(=O)NCCc2nc(N)cc(=O)[nH]2)c(OC)n1. The highest BCUT2D eigenvalue weighted by Crippen LogP contribution is 2.19. The summed E-state index contributed by atoms with van der Waals surface area (Å²) in [5, 5.41) is 2.70. The number of carbonyl (C=O) groups excluding carboxylic acids is 1. The van der Waals surface area contributed by atoms with Crippen molar-refractivity contribution in [1.82, 2.24) is 20.3 Å². The van der Waals surface area contributed by atoms with Crippen molar-refractivity contribution in [3.8, 4) is 11.8 Å². The zero-order valence-electron chi connectivity index (χ0n) is 12.8. The quantitative estimate of drug-likeness (QED) is 0.668. The molecular weight excluding hydrogens is 302 g/mol. The number of carbonyl (C=O) groups is 1. The van der Waals surface area contributed by atoms with Gasteiger partial charge in [-0.25, -0.2) is 4.98 Å². The van der Waals surface area contributed by atoms with Gasteiger partial charge in [0.25, 0.3) is 11.5 Å². The minimum atomic E-state index is -0.358. The van der Waals surface area contributed by atoms with Crippen molar-refractivity contribution in [1.29, 1.82) is 0 Å². The zero-order chi connectivity index (χ0) is 16.8. The van der Waals surface area contributed by atoms with Gasteiger partial charge in [-0.3, -0.25) is 9.59 Å². The molecule has 1 amide bonds. The van der Waals surface area contributed by atoms with Gasteiger partial charge in [0.1, 0.15) is 17.2 Å². The molecule has 0 saturated heterocycles. The lowest BCUT2D eigenvalue weighted by atomic mass is 10.2. The van der Waals surface area contributed by atoms with E-state index in [1.54, 1.807) is 12.1 Å². The van der Waals surface area contributed by atoms with Gasteiger partial charge in [-0.05, 0) is 6.07 Å². The van der Waals surface area contributed by atoms with Crippen LogP contribution in [0.4, 0.5) is 5.82 Å². The molecule has 0 bridgehead atoms. The van der Waals surface area contributed by atoms with Crippen LogP contribution in [0.5, 0.6) is 11.8 Å². The lowest BCUT2D eigenvalue weighted by Gasteiger charge is -2.09. The van der Waals surface area contributed by atoms with Gasteiger partial charge in [-0.2, -0.15) is 4.98 Å². The van der Waals surface area contributed by atoms with Crippen LogP contribution in [0, 0.1) is 0 Å². The fraction of sp³-hybridized carbons (Fsp3) is 0.286. The largest absolute Gasteiger partial charge is 0.481 e. The number of ether oxygens (including phenoxy) is 2. The second-order valence-corrected chi connectivity index (χ2v) is 4.53. The Labute approximate surface area is 131 Å². The minimum absolute atomic E-state index is 0.135. The fourth-order valence-corrected chi connectivity index (χ4v) is 1.90. The van der Waals surface area contributed by atoms with E-state index in [2.05, 4.69) is 20.3 Å². The topological polar surface area (TPSA) is 132 Å². The average Bonchev–Trinajstić information content (AvgIpc) is 2.53. The fourth-order valence-electron chi connectivity index (χ4n) is 1.90. The van der Waals surface area contributed by atoms with E-state index in [1.165, 1.54) is 20.3 Å². The van der Waals surface area contributed by atoms with Crippen molar-refractivity contribution in [3.63, 3.8) is 0 Å². The summed E-state index contributed by atoms with van der Waals surface area (Å²) in [4.78, 5) is 34.0. The molecule has 9 heteroatoms. The maximum absolute atomic E-state index is 12.2. The van der Waals surface area contributed by atoms with Crippen molar-refractivity contribution >= 4 is 11.7 Å². The number of hydrogen-bond acceptors (Lipinski definition) is 7. The van der Waals surface area contributed by atoms with Gasteiger partial charge in [0.15, 0.2) is 0 Å². The Bertz CT molecular complexity index is 759. The Balaban J connectivity index is 2.01. The molecule has 0 saturated carbocycles. The molecule has 0 fully saturated rings. The molecule has 4 N–H and O–H groups in total. The highest BCUT2D eigenvalue weighted by molar-refractivity contribution is 5.96. The van der Waals surface area contributed by atoms with E-state index in [1.807, 2.05) is 0 Å². The number of nitrogens with one attached hydrogen (secondary N) is 2. The zero-order valence-corrected chi connectivity index (χ0v) is 12.8. The van der Waals surface area contributed by atoms with Crippen molar-refractivity contribution in [2.45, 2.75) is 6.42 Å². The Hall–Kier alpha value is -3.10. The Kier molecular flexibility index (Phi) is 5.13. The van der Waals surface area contributed by atoms with Crippen molar-refractivity contribution in [3.05, 3.63) is 39.9 Å². The third-order valence-corrected chi connectivity index (χ3v) is 2.94. The molecule has 2 heterocycles. The maximum Gasteiger partial charge on any atom is 0.256 e. The van der Waals surface area contributed by atoms with Crippen molar-refractivity contribution < 1.29 is 14.3 Å². The predicted octanol–water partition coefficient (Wildman–Crippen LogP) is -0.263. The Morgan fingerprint density at radius 3 is 2.74 bits per heavy atom. The van der Waals surface area contributed by atoms with Crippen LogP contribution < -0.4 is 26.1 Å². The van der Waals surface area contributed by atoms with E-state index in [4.69, 9.17) is 15.2 Å². The van der Waals surface area contributed by atoms with Gasteiger partial charge in [0, 0.05) is 25.1 Å². The highest BCUT2D eigenvalue weighted by Gasteiger charge is 2.14. The summed E-state index contributed by atoms with van der Waals surface area (Å²) >= 11 is 0. The van der Waals surface area contributed by atoms with Crippen LogP contribution in [0.3, 0.4) is 0 Å². The molecule has 2 rings (SSSR count). The molecule has 122 valence electrons. The van der Waals surface area contributed by atoms with Crippen LogP contribution in [0.1, 0.15) is 16.2 Å². The molecule has 0 aromatic carbocycles. The molecule has 0 radical (unpaired) electrons. The average molecular weight is 319 g/mol. The van der Waals surface area contributed by atoms with Gasteiger partial charge in [-0.15, -0.1) is 0 Å². The molecule has 2 aromatic rings. The first-order chi connectivity index (χ1) is 11.0. The van der Waals surface area contributed by atoms with Crippen LogP contribution in [0.2, 0.25) is 0 Å². The lowest BCUT2D eigenvalue weighted by Crippen LogP contribution is -2.27. The monoisotopic (exact) mass is 319 g/mol. The molecule has 9 nitrogen and oxygen atoms in total. The van der Waals surface area contributed by atoms with Gasteiger partial charge in [-0.1, -0.05) is 0 Å². The number of hydrogen-bond donors (Lipinski definition) is 3. The van der Waals surface area contributed by atoms with E-state index in [9.17, 15) is 9.59 Å². The normalized spacial score (nSPS) is 10.2. The molecule has 0 aliphatic rings. The molecule has 23 heavy (non-hydrogen) atoms. The van der Waals surface area contributed by atoms with Gasteiger partial charge >= 0.3 is 0 Å². The van der Waals surface area contributed by atoms with E-state index in [0.717, 1.165) is 0 Å². The predicted molar refractivity (Wildman–Crippen MR) is 82.6 cm³/mol. The number of methoxy groups -OCH3 is 2. The number of aromatic nitrogens is 3. The number of anilines is 1. The summed E-state index contributed by atoms with van der Waals surface area (Å²) in [7, 11) is 2.89.